The van der Waals surface area contributed by atoms with E-state index in [-0.39, 0.29) is 6.61 Å². The van der Waals surface area contributed by atoms with Crippen molar-refractivity contribution in [3.8, 4) is 0 Å². The SMILES string of the molecule is CSc1ncc(C)c(C)c1CO. The molecule has 0 aliphatic rings. The molecular formula is C9H13NOS. The minimum Gasteiger partial charge on any atom is -0.392 e. The Morgan fingerprint density at radius 2 is 2.17 bits per heavy atom. The van der Waals surface area contributed by atoms with Crippen LogP contribution in [0.5, 0.6) is 0 Å². The highest BCUT2D eigenvalue weighted by Gasteiger charge is 2.06. The van der Waals surface area contributed by atoms with Gasteiger partial charge in [-0.1, -0.05) is 0 Å². The van der Waals surface area contributed by atoms with E-state index in [1.165, 1.54) is 0 Å². The number of thioether (sulfide) groups is 1. The number of pyridine rings is 1. The van der Waals surface area contributed by atoms with Gasteiger partial charge >= 0.3 is 0 Å². The topological polar surface area (TPSA) is 33.1 Å². The number of aromatic nitrogens is 1. The second-order valence-corrected chi connectivity index (χ2v) is 3.51. The van der Waals surface area contributed by atoms with E-state index in [2.05, 4.69) is 4.98 Å². The van der Waals surface area contributed by atoms with E-state index in [1.807, 2.05) is 26.3 Å². The first-order valence-electron chi connectivity index (χ1n) is 3.80. The molecule has 0 saturated carbocycles. The third-order valence-electron chi connectivity index (χ3n) is 2.03. The predicted octanol–water partition coefficient (Wildman–Crippen LogP) is 1.91. The summed E-state index contributed by atoms with van der Waals surface area (Å²) in [5, 5.41) is 10.0. The van der Waals surface area contributed by atoms with Crippen molar-refractivity contribution in [2.24, 2.45) is 0 Å². The third-order valence-corrected chi connectivity index (χ3v) is 2.77. The summed E-state index contributed by atoms with van der Waals surface area (Å²) in [6, 6.07) is 0. The van der Waals surface area contributed by atoms with Crippen LogP contribution < -0.4 is 0 Å². The van der Waals surface area contributed by atoms with Gasteiger partial charge in [-0.2, -0.15) is 0 Å². The van der Waals surface area contributed by atoms with Gasteiger partial charge in [0, 0.05) is 11.8 Å². The van der Waals surface area contributed by atoms with Crippen LogP contribution in [0.3, 0.4) is 0 Å². The second-order valence-electron chi connectivity index (χ2n) is 2.71. The fourth-order valence-electron chi connectivity index (χ4n) is 1.09. The first-order chi connectivity index (χ1) is 5.70. The molecule has 0 radical (unpaired) electrons. The Labute approximate surface area is 77.0 Å². The van der Waals surface area contributed by atoms with Gasteiger partial charge in [-0.15, -0.1) is 11.8 Å². The molecule has 0 aliphatic carbocycles. The quantitative estimate of drug-likeness (QED) is 0.711. The van der Waals surface area contributed by atoms with E-state index in [1.54, 1.807) is 11.8 Å². The van der Waals surface area contributed by atoms with Crippen molar-refractivity contribution in [2.75, 3.05) is 6.26 Å². The number of hydrogen-bond acceptors (Lipinski definition) is 3. The highest BCUT2D eigenvalue weighted by Crippen LogP contribution is 2.22. The lowest BCUT2D eigenvalue weighted by Gasteiger charge is -2.09. The van der Waals surface area contributed by atoms with Crippen LogP contribution in [0.2, 0.25) is 0 Å². The highest BCUT2D eigenvalue weighted by atomic mass is 32.2. The third kappa shape index (κ3) is 1.62. The maximum Gasteiger partial charge on any atom is 0.101 e. The molecule has 1 aromatic heterocycles. The van der Waals surface area contributed by atoms with Crippen LogP contribution in [0.1, 0.15) is 16.7 Å². The maximum absolute atomic E-state index is 9.10. The van der Waals surface area contributed by atoms with Crippen molar-refractivity contribution in [2.45, 2.75) is 25.5 Å². The fraction of sp³-hybridized carbons (Fsp3) is 0.444. The molecule has 66 valence electrons. The van der Waals surface area contributed by atoms with Crippen molar-refractivity contribution in [1.82, 2.24) is 4.98 Å². The van der Waals surface area contributed by atoms with E-state index >= 15 is 0 Å². The molecule has 1 N–H and O–H groups in total. The van der Waals surface area contributed by atoms with E-state index in [0.717, 1.165) is 21.7 Å². The van der Waals surface area contributed by atoms with Gasteiger partial charge in [0.05, 0.1) is 6.61 Å². The van der Waals surface area contributed by atoms with Gasteiger partial charge in [0.25, 0.3) is 0 Å². The number of nitrogens with zero attached hydrogens (tertiary/aromatic N) is 1. The van der Waals surface area contributed by atoms with Gasteiger partial charge in [0.1, 0.15) is 5.03 Å². The first-order valence-corrected chi connectivity index (χ1v) is 5.03. The number of hydrogen-bond donors (Lipinski definition) is 1. The van der Waals surface area contributed by atoms with Crippen molar-refractivity contribution in [1.29, 1.82) is 0 Å². The number of aliphatic hydroxyl groups is 1. The molecule has 0 unspecified atom stereocenters. The lowest BCUT2D eigenvalue weighted by molar-refractivity contribution is 0.277. The van der Waals surface area contributed by atoms with Gasteiger partial charge in [-0.3, -0.25) is 0 Å². The van der Waals surface area contributed by atoms with Crippen molar-refractivity contribution in [3.05, 3.63) is 22.9 Å². The Morgan fingerprint density at radius 1 is 1.50 bits per heavy atom. The standard InChI is InChI=1S/C9H13NOS/c1-6-4-10-9(12-3)8(5-11)7(6)2/h4,11H,5H2,1-3H3. The summed E-state index contributed by atoms with van der Waals surface area (Å²) in [7, 11) is 0. The van der Waals surface area contributed by atoms with Gasteiger partial charge in [-0.25, -0.2) is 4.98 Å². The average Bonchev–Trinajstić information content (AvgIpc) is 2.09. The van der Waals surface area contributed by atoms with Crippen LogP contribution in [0.15, 0.2) is 11.2 Å². The van der Waals surface area contributed by atoms with E-state index in [9.17, 15) is 0 Å². The van der Waals surface area contributed by atoms with Crippen LogP contribution in [0.25, 0.3) is 0 Å². The summed E-state index contributed by atoms with van der Waals surface area (Å²) >= 11 is 1.57. The van der Waals surface area contributed by atoms with Crippen LogP contribution in [0.4, 0.5) is 0 Å². The Balaban J connectivity index is 3.25. The molecule has 0 spiro atoms. The smallest absolute Gasteiger partial charge is 0.101 e. The molecule has 1 aromatic rings. The monoisotopic (exact) mass is 183 g/mol. The zero-order chi connectivity index (χ0) is 9.14. The normalized spacial score (nSPS) is 10.3. The maximum atomic E-state index is 9.10. The molecule has 2 nitrogen and oxygen atoms in total. The van der Waals surface area contributed by atoms with Crippen LogP contribution in [-0.2, 0) is 6.61 Å². The molecule has 0 aliphatic heterocycles. The second kappa shape index (κ2) is 3.92. The van der Waals surface area contributed by atoms with Crippen LogP contribution >= 0.6 is 11.8 Å². The molecule has 0 atom stereocenters. The minimum absolute atomic E-state index is 0.0800. The molecule has 0 amide bonds. The number of aliphatic hydroxyl groups excluding tert-OH is 1. The number of rotatable bonds is 2. The van der Waals surface area contributed by atoms with Crippen LogP contribution in [0, 0.1) is 13.8 Å². The van der Waals surface area contributed by atoms with E-state index < -0.39 is 0 Å². The molecular weight excluding hydrogens is 170 g/mol. The molecule has 0 fully saturated rings. The molecule has 1 heterocycles. The Morgan fingerprint density at radius 3 is 2.67 bits per heavy atom. The summed E-state index contributed by atoms with van der Waals surface area (Å²) in [6.07, 6.45) is 3.82. The van der Waals surface area contributed by atoms with Gasteiger partial charge in [-0.05, 0) is 31.2 Å². The molecule has 12 heavy (non-hydrogen) atoms. The average molecular weight is 183 g/mol. The van der Waals surface area contributed by atoms with Gasteiger partial charge < -0.3 is 5.11 Å². The molecule has 0 bridgehead atoms. The van der Waals surface area contributed by atoms with E-state index in [4.69, 9.17) is 5.11 Å². The Kier molecular flexibility index (Phi) is 3.12. The summed E-state index contributed by atoms with van der Waals surface area (Å²) in [5.74, 6) is 0. The van der Waals surface area contributed by atoms with Crippen molar-refractivity contribution in [3.63, 3.8) is 0 Å². The lowest BCUT2D eigenvalue weighted by Crippen LogP contribution is -1.97. The lowest BCUT2D eigenvalue weighted by atomic mass is 10.1. The number of aryl methyl sites for hydroxylation is 1. The van der Waals surface area contributed by atoms with Gasteiger partial charge in [0.15, 0.2) is 0 Å². The summed E-state index contributed by atoms with van der Waals surface area (Å²) in [4.78, 5) is 4.23. The van der Waals surface area contributed by atoms with Gasteiger partial charge in [0.2, 0.25) is 0 Å². The zero-order valence-corrected chi connectivity index (χ0v) is 8.40. The van der Waals surface area contributed by atoms with Crippen molar-refractivity contribution >= 4 is 11.8 Å². The summed E-state index contributed by atoms with van der Waals surface area (Å²) < 4.78 is 0. The largest absolute Gasteiger partial charge is 0.392 e. The minimum atomic E-state index is 0.0800. The zero-order valence-electron chi connectivity index (χ0n) is 7.59. The fourth-order valence-corrected chi connectivity index (χ4v) is 1.71. The highest BCUT2D eigenvalue weighted by molar-refractivity contribution is 7.98. The Hall–Kier alpha value is -0.540. The Bertz CT molecular complexity index is 286. The molecule has 1 rings (SSSR count). The summed E-state index contributed by atoms with van der Waals surface area (Å²) in [5.41, 5.74) is 3.25. The first kappa shape index (κ1) is 9.55. The predicted molar refractivity (Wildman–Crippen MR) is 51.4 cm³/mol. The molecule has 0 saturated heterocycles. The summed E-state index contributed by atoms with van der Waals surface area (Å²) in [6.45, 7) is 4.10. The molecule has 3 heteroatoms. The van der Waals surface area contributed by atoms with E-state index in [0.29, 0.717) is 0 Å². The molecule has 0 aromatic carbocycles. The van der Waals surface area contributed by atoms with Crippen molar-refractivity contribution < 1.29 is 5.11 Å². The van der Waals surface area contributed by atoms with Crippen LogP contribution in [-0.4, -0.2) is 16.3 Å².